The van der Waals surface area contributed by atoms with E-state index in [9.17, 15) is 67.4 Å². The smallest absolute Gasteiger partial charge is 0.322 e. The topological polar surface area (TPSA) is 450 Å². The summed E-state index contributed by atoms with van der Waals surface area (Å²) in [5.41, 5.74) is 12.5. The van der Waals surface area contributed by atoms with Gasteiger partial charge < -0.3 is 85.1 Å². The fraction of sp³-hybridized carbons (Fsp3) is 0.554. The van der Waals surface area contributed by atoms with Crippen molar-refractivity contribution in [3.8, 4) is 5.75 Å². The van der Waals surface area contributed by atoms with Crippen molar-refractivity contribution in [1.82, 2.24) is 63.4 Å². The highest BCUT2D eigenvalue weighted by Gasteiger charge is 2.36. The Labute approximate surface area is 515 Å². The molecule has 1 aliphatic rings. The Morgan fingerprint density at radius 3 is 1.68 bits per heavy atom. The molecule has 0 spiro atoms. The average Bonchev–Trinajstić information content (AvgIpc) is 3.44. The summed E-state index contributed by atoms with van der Waals surface area (Å²) in [6.45, 7) is 4.11. The third kappa shape index (κ3) is 26.6. The molecular formula is C56H84N14O15S2. The first-order chi connectivity index (χ1) is 41.3. The number of amides is 12. The number of nitrogens with one attached hydrogen (secondary N) is 11. The van der Waals surface area contributed by atoms with Gasteiger partial charge in [0.2, 0.25) is 70.9 Å². The molecule has 2 aromatic carbocycles. The van der Waals surface area contributed by atoms with E-state index in [0.717, 1.165) is 0 Å². The maximum atomic E-state index is 14.1. The van der Waals surface area contributed by atoms with Crippen molar-refractivity contribution < 1.29 is 72.5 Å². The number of carbonyl (C=O) groups is 13. The van der Waals surface area contributed by atoms with E-state index >= 15 is 0 Å². The van der Waals surface area contributed by atoms with E-state index in [0.29, 0.717) is 36.9 Å². The Hall–Kier alpha value is -8.03. The number of rotatable bonds is 37. The van der Waals surface area contributed by atoms with Crippen molar-refractivity contribution in [2.24, 2.45) is 23.3 Å². The van der Waals surface area contributed by atoms with Gasteiger partial charge in [-0.15, -0.1) is 0 Å². The number of nitrogens with two attached hydrogens (primary N) is 2. The molecule has 2 aromatic rings. The van der Waals surface area contributed by atoms with Crippen LogP contribution < -0.4 is 70.0 Å². The molecule has 29 nitrogen and oxygen atoms in total. The summed E-state index contributed by atoms with van der Waals surface area (Å²) < 4.78 is 0. The first-order valence-electron chi connectivity index (χ1n) is 28.4. The molecule has 1 aliphatic heterocycles. The fourth-order valence-electron chi connectivity index (χ4n) is 8.80. The first-order valence-corrected chi connectivity index (χ1v) is 29.7. The van der Waals surface area contributed by atoms with Gasteiger partial charge in [0.05, 0.1) is 32.2 Å². The van der Waals surface area contributed by atoms with Gasteiger partial charge in [-0.1, -0.05) is 70.2 Å². The lowest BCUT2D eigenvalue weighted by atomic mass is 10.0. The molecular weight excluding hydrogens is 1170 g/mol. The van der Waals surface area contributed by atoms with E-state index in [4.69, 9.17) is 16.6 Å². The van der Waals surface area contributed by atoms with E-state index < -0.39 is 164 Å². The number of carbonyl (C=O) groups excluding carboxylic acids is 12. The third-order valence-electron chi connectivity index (χ3n) is 13.5. The van der Waals surface area contributed by atoms with E-state index in [2.05, 4.69) is 83.7 Å². The van der Waals surface area contributed by atoms with Crippen molar-refractivity contribution in [3.63, 3.8) is 0 Å². The monoisotopic (exact) mass is 1260 g/mol. The van der Waals surface area contributed by atoms with Crippen LogP contribution in [0.15, 0.2) is 54.6 Å². The molecule has 0 unspecified atom stereocenters. The molecule has 8 atom stereocenters. The maximum Gasteiger partial charge on any atom is 0.322 e. The lowest BCUT2D eigenvalue weighted by molar-refractivity contribution is -0.139. The normalized spacial score (nSPS) is 15.1. The lowest BCUT2D eigenvalue weighted by Gasteiger charge is -2.26. The molecule has 0 bridgehead atoms. The molecule has 17 N–H and O–H groups in total. The molecule has 87 heavy (non-hydrogen) atoms. The number of aromatic hydroxyl groups is 1. The van der Waals surface area contributed by atoms with Gasteiger partial charge in [-0.3, -0.25) is 62.3 Å². The van der Waals surface area contributed by atoms with E-state index in [1.54, 1.807) is 58.0 Å². The molecule has 3 rings (SSSR count). The number of unbranched alkanes of at least 4 members (excludes halogenated alkanes) is 1. The highest BCUT2D eigenvalue weighted by atomic mass is 32.1. The molecule has 1 saturated heterocycles. The summed E-state index contributed by atoms with van der Waals surface area (Å²) >= 11 is 8.13. The number of likely N-dealkylation sites (tertiary alicyclic amines) is 1. The van der Waals surface area contributed by atoms with Crippen LogP contribution in [0.4, 0.5) is 0 Å². The van der Waals surface area contributed by atoms with Crippen molar-refractivity contribution in [2.45, 2.75) is 127 Å². The van der Waals surface area contributed by atoms with Crippen LogP contribution in [0.5, 0.6) is 5.75 Å². The fourth-order valence-corrected chi connectivity index (χ4v) is 9.22. The molecule has 31 heteroatoms. The molecule has 480 valence electrons. The molecule has 0 aromatic heterocycles. The number of hydrogen-bond acceptors (Lipinski definition) is 18. The molecule has 12 amide bonds. The minimum absolute atomic E-state index is 0.00749. The van der Waals surface area contributed by atoms with Crippen LogP contribution in [0.1, 0.15) is 77.3 Å². The summed E-state index contributed by atoms with van der Waals surface area (Å²) in [5.74, 6) is -11.2. The van der Waals surface area contributed by atoms with Gasteiger partial charge in [-0.25, -0.2) is 0 Å². The second-order valence-corrected chi connectivity index (χ2v) is 22.1. The summed E-state index contributed by atoms with van der Waals surface area (Å²) in [6.07, 6.45) is 1.55. The maximum absolute atomic E-state index is 14.1. The lowest BCUT2D eigenvalue weighted by Crippen LogP contribution is -2.58. The predicted molar refractivity (Wildman–Crippen MR) is 324 cm³/mol. The van der Waals surface area contributed by atoms with Crippen LogP contribution in [0.3, 0.4) is 0 Å². The Morgan fingerprint density at radius 2 is 1.09 bits per heavy atom. The van der Waals surface area contributed by atoms with E-state index in [1.165, 1.54) is 29.2 Å². The molecule has 1 fully saturated rings. The Balaban J connectivity index is 1.63. The number of aliphatic carboxylic acids is 1. The van der Waals surface area contributed by atoms with Gasteiger partial charge in [0.15, 0.2) is 0 Å². The van der Waals surface area contributed by atoms with Crippen LogP contribution in [0.2, 0.25) is 0 Å². The zero-order chi connectivity index (χ0) is 64.8. The average molecular weight is 1260 g/mol. The van der Waals surface area contributed by atoms with Gasteiger partial charge >= 0.3 is 5.97 Å². The molecule has 0 radical (unpaired) electrons. The van der Waals surface area contributed by atoms with Gasteiger partial charge in [-0.05, 0) is 80.2 Å². The van der Waals surface area contributed by atoms with Crippen LogP contribution >= 0.6 is 25.3 Å². The van der Waals surface area contributed by atoms with Gasteiger partial charge in [0.25, 0.3) is 0 Å². The Kier molecular flexibility index (Phi) is 32.1. The Bertz CT molecular complexity index is 2690. The number of nitrogens with zero attached hydrogens (tertiary/aromatic N) is 1. The van der Waals surface area contributed by atoms with Gasteiger partial charge in [0, 0.05) is 30.9 Å². The number of benzene rings is 2. The van der Waals surface area contributed by atoms with Crippen molar-refractivity contribution in [3.05, 3.63) is 65.7 Å². The largest absolute Gasteiger partial charge is 0.508 e. The zero-order valence-corrected chi connectivity index (χ0v) is 51.0. The van der Waals surface area contributed by atoms with Gasteiger partial charge in [-0.2, -0.15) is 25.3 Å². The SMILES string of the molecule is CC(C)C[C@H](NC(=O)[C@H](Cc1ccccc1)NC(=O)CNC(=O)[C@@H]1CCCN1C(=O)CNC(=O)CNC(=O)[C@H](Cc1ccc(O)cc1)NC(=O)[C@H](CS)NC(=O)[C@@H](N)CS)C(=O)NCC(=O)N[C@@H](CCCCN)C(=O)N[C@H](C(=O)NCC(=O)O)C(C)C. The second-order valence-electron chi connectivity index (χ2n) is 21.4. The summed E-state index contributed by atoms with van der Waals surface area (Å²) in [7, 11) is 0. The van der Waals surface area contributed by atoms with Crippen molar-refractivity contribution in [2.75, 3.05) is 57.3 Å². The number of carboxylic acids is 1. The number of phenolic OH excluding ortho intramolecular Hbond substituents is 1. The number of hydrogen-bond donors (Lipinski definition) is 17. The third-order valence-corrected chi connectivity index (χ3v) is 14.2. The standard InChI is InChI=1S/C56H84N14O15S2/c1-31(2)21-38(50(79)61-25-44(73)64-37(13-8-9-19-57)52(81)69-48(32(3)4)56(85)63-28-47(76)77)66-53(82)40(22-33-11-6-5-7-12-33)65-45(74)26-62-55(84)42-14-10-20-70(42)46(75)27-59-43(72)24-60-51(80)39(23-34-15-17-35(71)18-16-34)67-54(83)41(30-87)68-49(78)36(58)29-86/h5-7,11-12,15-18,31-32,36-42,48,71,86-87H,8-10,13-14,19-30,57-58H2,1-4H3,(H,59,72)(H,60,80)(H,61,79)(H,62,84)(H,63,85)(H,64,73)(H,65,74)(H,66,82)(H,67,83)(H,68,78)(H,69,81)(H,76,77)/t36-,37-,38-,39-,40-,41-,42-,48-/m0/s1. The van der Waals surface area contributed by atoms with Crippen LogP contribution in [0, 0.1) is 11.8 Å². The van der Waals surface area contributed by atoms with E-state index in [1.807, 2.05) is 0 Å². The summed E-state index contributed by atoms with van der Waals surface area (Å²) in [5, 5.41) is 46.2. The van der Waals surface area contributed by atoms with Crippen LogP contribution in [0.25, 0.3) is 0 Å². The summed E-state index contributed by atoms with van der Waals surface area (Å²) in [6, 6.07) is 4.97. The number of thiol groups is 2. The predicted octanol–water partition coefficient (Wildman–Crippen LogP) is -4.24. The zero-order valence-electron chi connectivity index (χ0n) is 49.2. The number of carboxylic acid groups (broad SMARTS) is 1. The minimum Gasteiger partial charge on any atom is -0.508 e. The number of phenols is 1. The molecule has 0 saturated carbocycles. The quantitative estimate of drug-likeness (QED) is 0.0225. The van der Waals surface area contributed by atoms with Crippen molar-refractivity contribution >= 4 is 102 Å². The van der Waals surface area contributed by atoms with E-state index in [-0.39, 0.29) is 61.8 Å². The van der Waals surface area contributed by atoms with Crippen LogP contribution in [-0.2, 0) is 75.2 Å². The van der Waals surface area contributed by atoms with Crippen LogP contribution in [-0.4, -0.2) is 198 Å². The Morgan fingerprint density at radius 1 is 0.563 bits per heavy atom. The van der Waals surface area contributed by atoms with Crippen molar-refractivity contribution in [1.29, 1.82) is 0 Å². The molecule has 0 aliphatic carbocycles. The van der Waals surface area contributed by atoms with Gasteiger partial charge in [0.1, 0.15) is 54.6 Å². The highest BCUT2D eigenvalue weighted by Crippen LogP contribution is 2.18. The summed E-state index contributed by atoms with van der Waals surface area (Å²) in [4.78, 5) is 172. The second kappa shape index (κ2) is 38.2. The molecule has 1 heterocycles. The highest BCUT2D eigenvalue weighted by molar-refractivity contribution is 7.80. The first kappa shape index (κ1) is 73.2. The minimum atomic E-state index is -1.30.